The van der Waals surface area contributed by atoms with Crippen LogP contribution in [0, 0.1) is 5.92 Å². The van der Waals surface area contributed by atoms with Gasteiger partial charge in [-0.15, -0.1) is 0 Å². The van der Waals surface area contributed by atoms with Gasteiger partial charge in [0.1, 0.15) is 12.6 Å². The lowest BCUT2D eigenvalue weighted by Crippen LogP contribution is -2.51. The van der Waals surface area contributed by atoms with E-state index in [4.69, 9.17) is 6.11 Å². The Labute approximate surface area is 131 Å². The van der Waals surface area contributed by atoms with Crippen molar-refractivity contribution in [2.75, 3.05) is 7.11 Å². The molecule has 0 N–H and O–H groups in total. The average Bonchev–Trinajstić information content (AvgIpc) is 2.56. The number of amides is 2. The van der Waals surface area contributed by atoms with E-state index in [2.05, 4.69) is 4.74 Å². The SMILES string of the molecule is [2H]CC(=O)N(C(=O)OCc1ccccc1)[C@H](C(=O)OC)C(C)C. The zero-order chi connectivity index (χ0) is 17.4. The molecule has 0 aliphatic carbocycles. The van der Waals surface area contributed by atoms with Gasteiger partial charge in [-0.25, -0.2) is 14.5 Å². The molecule has 0 bridgehead atoms. The van der Waals surface area contributed by atoms with Crippen molar-refractivity contribution in [2.24, 2.45) is 5.92 Å². The van der Waals surface area contributed by atoms with Crippen LogP contribution in [-0.4, -0.2) is 36.0 Å². The summed E-state index contributed by atoms with van der Waals surface area (Å²) in [5, 5.41) is 0. The van der Waals surface area contributed by atoms with Gasteiger partial charge < -0.3 is 9.47 Å². The normalized spacial score (nSPS) is 12.3. The van der Waals surface area contributed by atoms with Crippen LogP contribution in [0.3, 0.4) is 0 Å². The highest BCUT2D eigenvalue weighted by Crippen LogP contribution is 2.15. The van der Waals surface area contributed by atoms with Crippen LogP contribution in [0.4, 0.5) is 4.79 Å². The fourth-order valence-electron chi connectivity index (χ4n) is 1.96. The molecule has 1 aromatic rings. The number of carbonyl (C=O) groups excluding carboxylic acids is 3. The fraction of sp³-hybridized carbons (Fsp3) is 0.438. The molecular weight excluding hydrogens is 286 g/mol. The van der Waals surface area contributed by atoms with E-state index < -0.39 is 30.9 Å². The molecule has 1 atom stereocenters. The van der Waals surface area contributed by atoms with Gasteiger partial charge in [0.2, 0.25) is 5.91 Å². The minimum Gasteiger partial charge on any atom is -0.467 e. The zero-order valence-corrected chi connectivity index (χ0v) is 12.9. The number of benzene rings is 1. The summed E-state index contributed by atoms with van der Waals surface area (Å²) in [6.45, 7) is 2.65. The Morgan fingerprint density at radius 2 is 1.86 bits per heavy atom. The van der Waals surface area contributed by atoms with Gasteiger partial charge in [-0.2, -0.15) is 0 Å². The Bertz CT molecular complexity index is 547. The molecule has 0 radical (unpaired) electrons. The smallest absolute Gasteiger partial charge is 0.417 e. The number of hydrogen-bond donors (Lipinski definition) is 0. The van der Waals surface area contributed by atoms with Crippen molar-refractivity contribution in [1.29, 1.82) is 0 Å². The van der Waals surface area contributed by atoms with Gasteiger partial charge in [0.25, 0.3) is 0 Å². The number of imide groups is 1. The van der Waals surface area contributed by atoms with Crippen molar-refractivity contribution in [3.63, 3.8) is 0 Å². The summed E-state index contributed by atoms with van der Waals surface area (Å²) in [7, 11) is 1.18. The molecule has 0 heterocycles. The van der Waals surface area contributed by atoms with Crippen molar-refractivity contribution in [1.82, 2.24) is 4.90 Å². The topological polar surface area (TPSA) is 72.9 Å². The van der Waals surface area contributed by atoms with Crippen LogP contribution in [0.1, 0.15) is 27.7 Å². The number of ether oxygens (including phenoxy) is 2. The van der Waals surface area contributed by atoms with E-state index in [1.54, 1.807) is 38.1 Å². The third-order valence-electron chi connectivity index (χ3n) is 3.02. The van der Waals surface area contributed by atoms with Gasteiger partial charge in [-0.05, 0) is 11.5 Å². The first-order valence-electron chi connectivity index (χ1n) is 7.52. The van der Waals surface area contributed by atoms with Crippen molar-refractivity contribution in [3.05, 3.63) is 35.9 Å². The summed E-state index contributed by atoms with van der Waals surface area (Å²) >= 11 is 0. The predicted octanol–water partition coefficient (Wildman–Crippen LogP) is 2.37. The maximum atomic E-state index is 12.3. The van der Waals surface area contributed by atoms with E-state index >= 15 is 0 Å². The summed E-state index contributed by atoms with van der Waals surface area (Å²) in [6.07, 6.45) is -0.963. The van der Waals surface area contributed by atoms with Crippen LogP contribution in [0.5, 0.6) is 0 Å². The van der Waals surface area contributed by atoms with Crippen LogP contribution in [0.25, 0.3) is 0 Å². The van der Waals surface area contributed by atoms with Gasteiger partial charge in [0.15, 0.2) is 0 Å². The summed E-state index contributed by atoms with van der Waals surface area (Å²) in [5.74, 6) is -1.91. The van der Waals surface area contributed by atoms with Crippen molar-refractivity contribution >= 4 is 18.0 Å². The monoisotopic (exact) mass is 308 g/mol. The predicted molar refractivity (Wildman–Crippen MR) is 79.8 cm³/mol. The average molecular weight is 308 g/mol. The molecule has 0 fully saturated rings. The Morgan fingerprint density at radius 1 is 1.23 bits per heavy atom. The number of methoxy groups -OCH3 is 1. The maximum Gasteiger partial charge on any atom is 0.417 e. The van der Waals surface area contributed by atoms with Gasteiger partial charge in [-0.3, -0.25) is 4.79 Å². The fourth-order valence-corrected chi connectivity index (χ4v) is 1.96. The van der Waals surface area contributed by atoms with Crippen LogP contribution < -0.4 is 0 Å². The van der Waals surface area contributed by atoms with Gasteiger partial charge >= 0.3 is 12.1 Å². The largest absolute Gasteiger partial charge is 0.467 e. The second-order valence-corrected chi connectivity index (χ2v) is 5.02. The number of rotatable bonds is 5. The lowest BCUT2D eigenvalue weighted by molar-refractivity contribution is -0.152. The molecule has 1 aromatic carbocycles. The van der Waals surface area contributed by atoms with E-state index in [1.807, 2.05) is 6.07 Å². The quantitative estimate of drug-likeness (QED) is 0.781. The summed E-state index contributed by atoms with van der Waals surface area (Å²) < 4.78 is 17.0. The summed E-state index contributed by atoms with van der Waals surface area (Å²) in [5.41, 5.74) is 0.748. The highest BCUT2D eigenvalue weighted by molar-refractivity contribution is 5.95. The molecule has 0 spiro atoms. The zero-order valence-electron chi connectivity index (χ0n) is 13.9. The molecule has 1 rings (SSSR count). The number of esters is 1. The Hall–Kier alpha value is -2.37. The first-order chi connectivity index (χ1) is 10.9. The van der Waals surface area contributed by atoms with E-state index in [9.17, 15) is 14.4 Å². The maximum absolute atomic E-state index is 12.3. The van der Waals surface area contributed by atoms with E-state index in [0.29, 0.717) is 4.90 Å². The Balaban J connectivity index is 2.93. The minimum absolute atomic E-state index is 0.0343. The van der Waals surface area contributed by atoms with Crippen molar-refractivity contribution < 1.29 is 25.2 Å². The van der Waals surface area contributed by atoms with E-state index in [-0.39, 0.29) is 12.5 Å². The standard InChI is InChI=1S/C16H21NO5/c1-11(2)14(15(19)21-4)17(12(3)18)16(20)22-10-13-8-6-5-7-9-13/h5-9,11,14H,10H2,1-4H3/t14-/m0/s1/i3D. The first kappa shape index (κ1) is 16.0. The van der Waals surface area contributed by atoms with Crippen molar-refractivity contribution in [2.45, 2.75) is 33.4 Å². The molecule has 0 aliphatic heterocycles. The second-order valence-electron chi connectivity index (χ2n) is 5.02. The number of nitrogens with zero attached hydrogens (tertiary/aromatic N) is 1. The molecule has 0 unspecified atom stereocenters. The highest BCUT2D eigenvalue weighted by atomic mass is 16.6. The molecule has 120 valence electrons. The van der Waals surface area contributed by atoms with E-state index in [1.165, 1.54) is 7.11 Å². The second kappa shape index (κ2) is 8.17. The molecule has 6 nitrogen and oxygen atoms in total. The first-order valence-corrected chi connectivity index (χ1v) is 6.82. The lowest BCUT2D eigenvalue weighted by Gasteiger charge is -2.29. The van der Waals surface area contributed by atoms with Gasteiger partial charge in [0.05, 0.1) is 7.11 Å². The van der Waals surface area contributed by atoms with Gasteiger partial charge in [0, 0.05) is 8.27 Å². The molecule has 2 amide bonds. The third-order valence-corrected chi connectivity index (χ3v) is 3.02. The molecular formula is C16H21NO5. The van der Waals surface area contributed by atoms with Gasteiger partial charge in [-0.1, -0.05) is 44.2 Å². The number of carbonyl (C=O) groups is 3. The van der Waals surface area contributed by atoms with E-state index in [0.717, 1.165) is 5.56 Å². The molecule has 0 saturated heterocycles. The van der Waals surface area contributed by atoms with Crippen LogP contribution >= 0.6 is 0 Å². The Morgan fingerprint density at radius 3 is 2.36 bits per heavy atom. The molecule has 0 aliphatic rings. The molecule has 0 saturated carbocycles. The Kier molecular flexibility index (Phi) is 5.94. The summed E-state index contributed by atoms with van der Waals surface area (Å²) in [6, 6.07) is 7.82. The third kappa shape index (κ3) is 4.58. The summed E-state index contributed by atoms with van der Waals surface area (Å²) in [4.78, 5) is 36.8. The van der Waals surface area contributed by atoms with Crippen LogP contribution in [0.15, 0.2) is 30.3 Å². The van der Waals surface area contributed by atoms with Crippen molar-refractivity contribution in [3.8, 4) is 0 Å². The minimum atomic E-state index is -1.12. The highest BCUT2D eigenvalue weighted by Gasteiger charge is 2.37. The molecule has 0 aromatic heterocycles. The van der Waals surface area contributed by atoms with Crippen LogP contribution in [0.2, 0.25) is 0 Å². The number of hydrogen-bond acceptors (Lipinski definition) is 5. The molecule has 6 heteroatoms. The lowest BCUT2D eigenvalue weighted by atomic mass is 10.0. The molecule has 22 heavy (non-hydrogen) atoms. The van der Waals surface area contributed by atoms with Crippen LogP contribution in [-0.2, 0) is 25.7 Å².